The summed E-state index contributed by atoms with van der Waals surface area (Å²) in [6, 6.07) is 6.17. The fourth-order valence-electron chi connectivity index (χ4n) is 2.09. The number of nitrogens with zero attached hydrogens (tertiary/aromatic N) is 1. The molecule has 0 bridgehead atoms. The number of phenolic OH excluding ortho intramolecular Hbond substituents is 2. The molecule has 0 heterocycles. The molecule has 20 heavy (non-hydrogen) atoms. The second-order valence-electron chi connectivity index (χ2n) is 4.90. The van der Waals surface area contributed by atoms with Crippen molar-refractivity contribution in [3.05, 3.63) is 23.8 Å². The number of ketones is 1. The Morgan fingerprint density at radius 3 is 2.35 bits per heavy atom. The van der Waals surface area contributed by atoms with Gasteiger partial charge in [-0.2, -0.15) is 5.26 Å². The molecule has 0 amide bonds. The number of hydrogen-bond donors (Lipinski definition) is 2. The van der Waals surface area contributed by atoms with Gasteiger partial charge in [-0.15, -0.1) is 0 Å². The van der Waals surface area contributed by atoms with Crippen molar-refractivity contribution in [3.8, 4) is 17.6 Å². The Morgan fingerprint density at radius 2 is 1.70 bits per heavy atom. The van der Waals surface area contributed by atoms with Gasteiger partial charge in [-0.05, 0) is 25.0 Å². The van der Waals surface area contributed by atoms with Gasteiger partial charge in [0.25, 0.3) is 0 Å². The molecule has 1 rings (SSSR count). The summed E-state index contributed by atoms with van der Waals surface area (Å²) in [7, 11) is 0. The van der Waals surface area contributed by atoms with E-state index in [0.717, 1.165) is 38.5 Å². The number of benzene rings is 1. The molecule has 1 aromatic rings. The minimum Gasteiger partial charge on any atom is -0.508 e. The van der Waals surface area contributed by atoms with Crippen LogP contribution in [0.15, 0.2) is 18.2 Å². The van der Waals surface area contributed by atoms with Gasteiger partial charge in [0.05, 0.1) is 11.6 Å². The van der Waals surface area contributed by atoms with Crippen LogP contribution in [0.1, 0.15) is 61.7 Å². The van der Waals surface area contributed by atoms with Crippen LogP contribution in [0, 0.1) is 11.3 Å². The van der Waals surface area contributed by atoms with Gasteiger partial charge in [0.2, 0.25) is 0 Å². The molecule has 0 saturated carbocycles. The number of carbonyl (C=O) groups excluding carboxylic acids is 1. The van der Waals surface area contributed by atoms with Gasteiger partial charge in [-0.1, -0.05) is 25.7 Å². The zero-order valence-corrected chi connectivity index (χ0v) is 11.6. The minimum absolute atomic E-state index is 0.0450. The van der Waals surface area contributed by atoms with Crippen LogP contribution in [-0.2, 0) is 0 Å². The van der Waals surface area contributed by atoms with E-state index in [1.54, 1.807) is 0 Å². The maximum atomic E-state index is 11.9. The summed E-state index contributed by atoms with van der Waals surface area (Å²) < 4.78 is 0. The summed E-state index contributed by atoms with van der Waals surface area (Å²) >= 11 is 0. The maximum Gasteiger partial charge on any atom is 0.166 e. The highest BCUT2D eigenvalue weighted by Crippen LogP contribution is 2.24. The highest BCUT2D eigenvalue weighted by Gasteiger charge is 2.11. The van der Waals surface area contributed by atoms with Crippen LogP contribution in [0.25, 0.3) is 0 Å². The number of Topliss-reactive ketones (excluding diaryl/α,β-unsaturated/α-hetero) is 1. The van der Waals surface area contributed by atoms with Gasteiger partial charge in [0.15, 0.2) is 5.78 Å². The molecular weight excluding hydrogens is 254 g/mol. The van der Waals surface area contributed by atoms with Crippen LogP contribution >= 0.6 is 0 Å². The zero-order valence-electron chi connectivity index (χ0n) is 11.6. The molecule has 0 aliphatic carbocycles. The number of unbranched alkanes of at least 4 members (excludes halogenated alkanes) is 6. The number of nitriles is 1. The van der Waals surface area contributed by atoms with Crippen LogP contribution < -0.4 is 0 Å². The molecular formula is C16H21NO3. The Balaban J connectivity index is 2.19. The summed E-state index contributed by atoms with van der Waals surface area (Å²) in [5.74, 6) is -0.296. The third-order valence-corrected chi connectivity index (χ3v) is 3.22. The number of phenols is 2. The third kappa shape index (κ3) is 5.75. The van der Waals surface area contributed by atoms with E-state index in [0.29, 0.717) is 12.8 Å². The van der Waals surface area contributed by atoms with Gasteiger partial charge in [0.1, 0.15) is 11.5 Å². The quantitative estimate of drug-likeness (QED) is 0.528. The molecule has 108 valence electrons. The molecule has 4 nitrogen and oxygen atoms in total. The van der Waals surface area contributed by atoms with Crippen molar-refractivity contribution < 1.29 is 15.0 Å². The molecule has 2 N–H and O–H groups in total. The Hall–Kier alpha value is -2.02. The summed E-state index contributed by atoms with van der Waals surface area (Å²) in [4.78, 5) is 11.9. The van der Waals surface area contributed by atoms with Crippen LogP contribution in [0.4, 0.5) is 0 Å². The van der Waals surface area contributed by atoms with Gasteiger partial charge in [0, 0.05) is 18.9 Å². The Morgan fingerprint density at radius 1 is 1.05 bits per heavy atom. The predicted octanol–water partition coefficient (Wildman–Crippen LogP) is 3.92. The van der Waals surface area contributed by atoms with Gasteiger partial charge >= 0.3 is 0 Å². The average molecular weight is 275 g/mol. The van der Waals surface area contributed by atoms with Crippen LogP contribution in [0.2, 0.25) is 0 Å². The van der Waals surface area contributed by atoms with Crippen molar-refractivity contribution in [1.82, 2.24) is 0 Å². The number of carbonyl (C=O) groups is 1. The van der Waals surface area contributed by atoms with E-state index in [9.17, 15) is 9.90 Å². The van der Waals surface area contributed by atoms with Crippen molar-refractivity contribution in [1.29, 1.82) is 5.26 Å². The van der Waals surface area contributed by atoms with E-state index < -0.39 is 0 Å². The topological polar surface area (TPSA) is 81.3 Å². The van der Waals surface area contributed by atoms with E-state index in [4.69, 9.17) is 10.4 Å². The highest BCUT2D eigenvalue weighted by molar-refractivity contribution is 5.98. The Labute approximate surface area is 119 Å². The predicted molar refractivity (Wildman–Crippen MR) is 76.7 cm³/mol. The first-order chi connectivity index (χ1) is 9.65. The molecule has 0 atom stereocenters. The fraction of sp³-hybridized carbons (Fsp3) is 0.500. The number of hydrogen-bond acceptors (Lipinski definition) is 4. The lowest BCUT2D eigenvalue weighted by atomic mass is 10.0. The first kappa shape index (κ1) is 16.0. The lowest BCUT2D eigenvalue weighted by molar-refractivity contribution is 0.0976. The smallest absolute Gasteiger partial charge is 0.166 e. The molecule has 0 aliphatic heterocycles. The molecule has 0 aliphatic rings. The molecule has 0 aromatic heterocycles. The van der Waals surface area contributed by atoms with E-state index in [1.807, 2.05) is 0 Å². The summed E-state index contributed by atoms with van der Waals surface area (Å²) in [5, 5.41) is 27.1. The van der Waals surface area contributed by atoms with Crippen LogP contribution in [0.3, 0.4) is 0 Å². The number of aromatic hydroxyl groups is 2. The third-order valence-electron chi connectivity index (χ3n) is 3.22. The average Bonchev–Trinajstić information content (AvgIpc) is 2.41. The molecule has 0 saturated heterocycles. The Bertz CT molecular complexity index is 477. The molecule has 0 radical (unpaired) electrons. The van der Waals surface area contributed by atoms with E-state index >= 15 is 0 Å². The largest absolute Gasteiger partial charge is 0.508 e. The fourth-order valence-corrected chi connectivity index (χ4v) is 2.09. The number of rotatable bonds is 9. The second-order valence-corrected chi connectivity index (χ2v) is 4.90. The SMILES string of the molecule is N#CCCCCCCCCC(=O)c1ccc(O)cc1O. The molecule has 1 aromatic carbocycles. The zero-order chi connectivity index (χ0) is 14.8. The molecule has 0 unspecified atom stereocenters. The standard InChI is InChI=1S/C16H21NO3/c17-11-7-5-3-1-2-4-6-8-15(19)14-10-9-13(18)12-16(14)20/h9-10,12,18,20H,1-8H2. The lowest BCUT2D eigenvalue weighted by Crippen LogP contribution is -1.99. The van der Waals surface area contributed by atoms with Gasteiger partial charge in [-0.25, -0.2) is 0 Å². The summed E-state index contributed by atoms with van der Waals surface area (Å²) in [5.41, 5.74) is 0.275. The van der Waals surface area contributed by atoms with E-state index in [-0.39, 0.29) is 22.8 Å². The molecule has 0 fully saturated rings. The first-order valence-corrected chi connectivity index (χ1v) is 7.07. The van der Waals surface area contributed by atoms with E-state index in [2.05, 4.69) is 6.07 Å². The van der Waals surface area contributed by atoms with Crippen molar-refractivity contribution in [2.75, 3.05) is 0 Å². The maximum absolute atomic E-state index is 11.9. The minimum atomic E-state index is -0.161. The summed E-state index contributed by atoms with van der Waals surface area (Å²) in [6.07, 6.45) is 7.02. The van der Waals surface area contributed by atoms with Crippen LogP contribution in [-0.4, -0.2) is 16.0 Å². The Kier molecular flexibility index (Phi) is 7.20. The van der Waals surface area contributed by atoms with Crippen molar-refractivity contribution in [3.63, 3.8) is 0 Å². The lowest BCUT2D eigenvalue weighted by Gasteiger charge is -2.04. The van der Waals surface area contributed by atoms with Gasteiger partial charge in [-0.3, -0.25) is 4.79 Å². The van der Waals surface area contributed by atoms with Gasteiger partial charge < -0.3 is 10.2 Å². The van der Waals surface area contributed by atoms with E-state index in [1.165, 1.54) is 18.2 Å². The van der Waals surface area contributed by atoms with Crippen molar-refractivity contribution in [2.45, 2.75) is 51.4 Å². The molecule has 4 heteroatoms. The second kappa shape index (κ2) is 8.98. The van der Waals surface area contributed by atoms with Crippen LogP contribution in [0.5, 0.6) is 11.5 Å². The summed E-state index contributed by atoms with van der Waals surface area (Å²) in [6.45, 7) is 0. The molecule has 0 spiro atoms. The van der Waals surface area contributed by atoms with Crippen molar-refractivity contribution >= 4 is 5.78 Å². The monoisotopic (exact) mass is 275 g/mol. The normalized spacial score (nSPS) is 10.2. The van der Waals surface area contributed by atoms with Crippen molar-refractivity contribution in [2.24, 2.45) is 0 Å². The highest BCUT2D eigenvalue weighted by atomic mass is 16.3. The first-order valence-electron chi connectivity index (χ1n) is 7.07.